The number of halogens is 2. The highest BCUT2D eigenvalue weighted by Gasteiger charge is 2.40. The van der Waals surface area contributed by atoms with Gasteiger partial charge in [-0.2, -0.15) is 0 Å². The Morgan fingerprint density at radius 3 is 2.65 bits per heavy atom. The van der Waals surface area contributed by atoms with E-state index in [2.05, 4.69) is 14.9 Å². The Labute approximate surface area is 185 Å². The molecule has 2 aliphatic rings. The third-order valence-corrected chi connectivity index (χ3v) is 6.46. The molecule has 0 aliphatic carbocycles. The highest BCUT2D eigenvalue weighted by molar-refractivity contribution is 7.98. The molecule has 1 amide bonds. The van der Waals surface area contributed by atoms with Gasteiger partial charge >= 0.3 is 6.09 Å². The molecule has 1 aromatic carbocycles. The van der Waals surface area contributed by atoms with Gasteiger partial charge in [0.25, 0.3) is 0 Å². The Kier molecular flexibility index (Phi) is 5.74. The van der Waals surface area contributed by atoms with Gasteiger partial charge in [-0.05, 0) is 46.3 Å². The van der Waals surface area contributed by atoms with E-state index in [0.717, 1.165) is 12.5 Å². The molecule has 1 aromatic heterocycles. The molecule has 31 heavy (non-hydrogen) atoms. The largest absolute Gasteiger partial charge is 0.444 e. The smallest absolute Gasteiger partial charge is 0.410 e. The van der Waals surface area contributed by atoms with Crippen LogP contribution in [0.25, 0.3) is 10.9 Å². The van der Waals surface area contributed by atoms with Gasteiger partial charge in [0.1, 0.15) is 22.8 Å². The first-order valence-corrected chi connectivity index (χ1v) is 11.8. The molecular weight excluding hydrogens is 422 g/mol. The van der Waals surface area contributed by atoms with Crippen LogP contribution in [0.4, 0.5) is 19.4 Å². The van der Waals surface area contributed by atoms with E-state index in [4.69, 9.17) is 4.74 Å². The Balaban J connectivity index is 1.79. The highest BCUT2D eigenvalue weighted by Crippen LogP contribution is 2.39. The van der Waals surface area contributed by atoms with Gasteiger partial charge in [-0.3, -0.25) is 0 Å². The number of piperazine rings is 1. The number of carbonyl (C=O) groups excluding carboxylic acids is 1. The van der Waals surface area contributed by atoms with Crippen molar-refractivity contribution in [3.63, 3.8) is 0 Å². The molecule has 1 unspecified atom stereocenters. The Bertz CT molecular complexity index is 1030. The van der Waals surface area contributed by atoms with Gasteiger partial charge in [0.2, 0.25) is 0 Å². The number of nitrogens with zero attached hydrogens (tertiary/aromatic N) is 4. The van der Waals surface area contributed by atoms with Crippen LogP contribution >= 0.6 is 11.8 Å². The Hall–Kier alpha value is -2.16. The van der Waals surface area contributed by atoms with E-state index < -0.39 is 17.2 Å². The second kappa shape index (κ2) is 8.07. The Morgan fingerprint density at radius 2 is 2.00 bits per heavy atom. The van der Waals surface area contributed by atoms with Crippen LogP contribution in [-0.4, -0.2) is 58.0 Å². The lowest BCUT2D eigenvalue weighted by Crippen LogP contribution is -2.60. The molecule has 0 bridgehead atoms. The first-order valence-electron chi connectivity index (χ1n) is 10.6. The summed E-state index contributed by atoms with van der Waals surface area (Å²) in [7, 11) is 0. The Morgan fingerprint density at radius 1 is 1.26 bits per heavy atom. The maximum atomic E-state index is 14.8. The van der Waals surface area contributed by atoms with Crippen molar-refractivity contribution in [3.8, 4) is 0 Å². The van der Waals surface area contributed by atoms with Crippen molar-refractivity contribution in [2.24, 2.45) is 0 Å². The van der Waals surface area contributed by atoms with Crippen molar-refractivity contribution in [2.75, 3.05) is 24.2 Å². The van der Waals surface area contributed by atoms with Crippen molar-refractivity contribution in [1.82, 2.24) is 14.9 Å². The topological polar surface area (TPSA) is 58.6 Å². The van der Waals surface area contributed by atoms with Gasteiger partial charge in [0.05, 0.1) is 11.4 Å². The summed E-state index contributed by atoms with van der Waals surface area (Å²) in [5, 5.41) is 0.903. The lowest BCUT2D eigenvalue weighted by molar-refractivity contribution is 0.00971. The van der Waals surface area contributed by atoms with Gasteiger partial charge in [-0.25, -0.2) is 23.5 Å². The molecule has 168 valence electrons. The summed E-state index contributed by atoms with van der Waals surface area (Å²) in [6, 6.07) is 0.761. The quantitative estimate of drug-likeness (QED) is 0.485. The van der Waals surface area contributed by atoms with Crippen LogP contribution in [-0.2, 0) is 11.2 Å². The summed E-state index contributed by atoms with van der Waals surface area (Å²) in [4.78, 5) is 25.8. The van der Waals surface area contributed by atoms with E-state index in [0.29, 0.717) is 47.9 Å². The van der Waals surface area contributed by atoms with E-state index in [-0.39, 0.29) is 23.7 Å². The standard InChI is InChI=1S/C22H28F2N4O2S/c1-6-12-10-27-13(11-28(12)21(29)30-22(2,3)4)7-8-14-15(23)9-16(24)18-17(14)19(27)26-20(25-18)31-5/h9,12-13H,6-8,10-11H2,1-5H3/t12-,13?/m1/s1. The first kappa shape index (κ1) is 22.0. The van der Waals surface area contributed by atoms with Crippen LogP contribution in [0.15, 0.2) is 11.2 Å². The third kappa shape index (κ3) is 4.04. The molecule has 0 saturated carbocycles. The second-order valence-corrected chi connectivity index (χ2v) is 9.89. The van der Waals surface area contributed by atoms with E-state index >= 15 is 0 Å². The fourth-order valence-electron chi connectivity index (χ4n) is 4.47. The van der Waals surface area contributed by atoms with Crippen molar-refractivity contribution < 1.29 is 18.3 Å². The lowest BCUT2D eigenvalue weighted by Gasteiger charge is -2.46. The summed E-state index contributed by atoms with van der Waals surface area (Å²) < 4.78 is 35.1. The van der Waals surface area contributed by atoms with Crippen molar-refractivity contribution in [2.45, 2.75) is 69.8 Å². The monoisotopic (exact) mass is 450 g/mol. The molecule has 2 aliphatic heterocycles. The van der Waals surface area contributed by atoms with Gasteiger partial charge in [0.15, 0.2) is 11.0 Å². The number of benzene rings is 1. The number of amides is 1. The maximum absolute atomic E-state index is 14.8. The minimum atomic E-state index is -0.673. The maximum Gasteiger partial charge on any atom is 0.410 e. The molecule has 1 fully saturated rings. The SMILES string of the molecule is CC[C@@H]1CN2c3nc(SC)nc4c(F)cc(F)c(c34)CCC2CN1C(=O)OC(C)(C)C. The second-order valence-electron chi connectivity index (χ2n) is 9.12. The molecule has 2 aromatic rings. The summed E-state index contributed by atoms with van der Waals surface area (Å²) in [5.41, 5.74) is 0.0261. The average molecular weight is 451 g/mol. The number of hydrogen-bond donors (Lipinski definition) is 0. The molecule has 0 N–H and O–H groups in total. The number of anilines is 1. The molecule has 2 atom stereocenters. The molecule has 9 heteroatoms. The van der Waals surface area contributed by atoms with Crippen molar-refractivity contribution >= 4 is 34.6 Å². The van der Waals surface area contributed by atoms with Crippen LogP contribution < -0.4 is 4.90 Å². The molecule has 3 heterocycles. The molecule has 1 saturated heterocycles. The molecule has 4 rings (SSSR count). The normalized spacial score (nSPS) is 21.1. The zero-order chi connectivity index (χ0) is 22.5. The summed E-state index contributed by atoms with van der Waals surface area (Å²) in [6.07, 6.45) is 3.28. The number of aromatic nitrogens is 2. The average Bonchev–Trinajstić information content (AvgIpc) is 2.86. The van der Waals surface area contributed by atoms with E-state index in [1.165, 1.54) is 11.8 Å². The van der Waals surface area contributed by atoms with E-state index in [9.17, 15) is 13.6 Å². The number of ether oxygens (including phenoxy) is 1. The van der Waals surface area contributed by atoms with Crippen LogP contribution in [0, 0.1) is 11.6 Å². The van der Waals surface area contributed by atoms with E-state index in [1.54, 1.807) is 4.90 Å². The fraction of sp³-hybridized carbons (Fsp3) is 0.591. The van der Waals surface area contributed by atoms with Gasteiger partial charge in [-0.1, -0.05) is 18.7 Å². The van der Waals surface area contributed by atoms with Crippen LogP contribution in [0.2, 0.25) is 0 Å². The summed E-state index contributed by atoms with van der Waals surface area (Å²) in [6.45, 7) is 8.55. The first-order chi connectivity index (χ1) is 14.6. The van der Waals surface area contributed by atoms with Crippen LogP contribution in [0.3, 0.4) is 0 Å². The summed E-state index contributed by atoms with van der Waals surface area (Å²) >= 11 is 1.33. The van der Waals surface area contributed by atoms with Crippen molar-refractivity contribution in [3.05, 3.63) is 23.3 Å². The third-order valence-electron chi connectivity index (χ3n) is 5.92. The minimum absolute atomic E-state index is 0.0713. The zero-order valence-corrected chi connectivity index (χ0v) is 19.4. The number of carbonyl (C=O) groups is 1. The predicted molar refractivity (Wildman–Crippen MR) is 118 cm³/mol. The predicted octanol–water partition coefficient (Wildman–Crippen LogP) is 4.78. The number of thioether (sulfide) groups is 1. The van der Waals surface area contributed by atoms with Gasteiger partial charge in [0, 0.05) is 30.8 Å². The van der Waals surface area contributed by atoms with Gasteiger partial charge < -0.3 is 14.5 Å². The molecule has 6 nitrogen and oxygen atoms in total. The van der Waals surface area contributed by atoms with Gasteiger partial charge in [-0.15, -0.1) is 0 Å². The molecular formula is C22H28F2N4O2S. The lowest BCUT2D eigenvalue weighted by atomic mass is 10.0. The molecule has 0 radical (unpaired) electrons. The zero-order valence-electron chi connectivity index (χ0n) is 18.5. The summed E-state index contributed by atoms with van der Waals surface area (Å²) in [5.74, 6) is -0.678. The highest BCUT2D eigenvalue weighted by atomic mass is 32.2. The fourth-order valence-corrected chi connectivity index (χ4v) is 4.83. The van der Waals surface area contributed by atoms with Crippen LogP contribution in [0.1, 0.15) is 46.1 Å². The number of rotatable bonds is 2. The number of fused-ring (bicyclic) bond motifs is 2. The minimum Gasteiger partial charge on any atom is -0.444 e. The number of aryl methyl sites for hydroxylation is 1. The van der Waals surface area contributed by atoms with Crippen LogP contribution in [0.5, 0.6) is 0 Å². The molecule has 0 spiro atoms. The van der Waals surface area contributed by atoms with Crippen molar-refractivity contribution in [1.29, 1.82) is 0 Å². The van der Waals surface area contributed by atoms with E-state index in [1.807, 2.05) is 34.0 Å². The number of hydrogen-bond acceptors (Lipinski definition) is 6.